The summed E-state index contributed by atoms with van der Waals surface area (Å²) < 4.78 is 15.3. The molecule has 0 radical (unpaired) electrons. The van der Waals surface area contributed by atoms with E-state index in [4.69, 9.17) is 22.0 Å². The minimum atomic E-state index is 0.539. The Morgan fingerprint density at radius 1 is 0.261 bits per heavy atom. The minimum absolute atomic E-state index is 0.539. The molecule has 6 nitrogen and oxygen atoms in total. The van der Waals surface area contributed by atoms with Gasteiger partial charge in [-0.15, -0.1) is 11.3 Å². The van der Waals surface area contributed by atoms with Crippen LogP contribution in [-0.2, 0) is 0 Å². The second-order valence-electron chi connectivity index (χ2n) is 29.8. The molecule has 21 aromatic carbocycles. The summed E-state index contributed by atoms with van der Waals surface area (Å²) in [6.07, 6.45) is 1.85. The molecule has 0 saturated heterocycles. The zero-order valence-electron chi connectivity index (χ0n) is 61.5. The molecule has 0 atom stereocenters. The lowest BCUT2D eigenvalue weighted by molar-refractivity contribution is 0.671. The quantitative estimate of drug-likeness (QED) is 0.123. The molecule has 528 valence electrons. The number of nitriles is 1. The van der Waals surface area contributed by atoms with E-state index >= 15 is 0 Å². The summed E-state index contributed by atoms with van der Waals surface area (Å²) in [6.45, 7) is 15.2. The Hall–Kier alpha value is -15.6. The molecule has 0 N–H and O–H groups in total. The zero-order valence-corrected chi connectivity index (χ0v) is 62.3. The molecule has 0 fully saturated rings. The largest absolute Gasteiger partial charge is 0.466 e. The van der Waals surface area contributed by atoms with E-state index in [-0.39, 0.29) is 0 Å². The molecule has 0 aliphatic rings. The van der Waals surface area contributed by atoms with Crippen molar-refractivity contribution in [3.63, 3.8) is 0 Å². The minimum Gasteiger partial charge on any atom is -0.466 e. The number of pyridine rings is 1. The summed E-state index contributed by atoms with van der Waals surface area (Å²) in [5.41, 5.74) is 18.6. The van der Waals surface area contributed by atoms with Gasteiger partial charge in [0.15, 0.2) is 0 Å². The van der Waals surface area contributed by atoms with Gasteiger partial charge < -0.3 is 8.83 Å². The number of aromatic nitrogens is 1. The van der Waals surface area contributed by atoms with Crippen molar-refractivity contribution in [2.24, 2.45) is 0 Å². The van der Waals surface area contributed by atoms with Crippen LogP contribution in [0.5, 0.6) is 0 Å². The van der Waals surface area contributed by atoms with Crippen LogP contribution in [0.1, 0.15) is 5.56 Å². The zero-order chi connectivity index (χ0) is 76.1. The number of para-hydroxylation sites is 4. The summed E-state index contributed by atoms with van der Waals surface area (Å²) in [4.78, 5) is 12.0. The van der Waals surface area contributed by atoms with Crippen LogP contribution in [0.15, 0.2) is 361 Å². The fraction of sp³-hybridized carbons (Fsp3) is 0. The molecule has 4 heterocycles. The van der Waals surface area contributed by atoms with Gasteiger partial charge in [0.05, 0.1) is 30.5 Å². The van der Waals surface area contributed by atoms with Gasteiger partial charge in [-0.25, -0.2) is 9.69 Å². The average Bonchev–Trinajstić information content (AvgIpc) is 1.54. The SMILES string of the molecule is N#Cc1ccc2sc3ccc(-c4ccc5ccc6c(-c7ccccc7)ccc7ccc4c5c76)cc3c2c1.[C-]#[N+]c1cccc2c1oc1c(-c3ccc4ccc5c(-c6cccc7ccccc67)ccc6ccc3c4c65)cccc12.[C-]#[N+]c1cccc2c1oc1c(-c3ccc4ccc5c(-c6ccccn6)ccc6ccc3c4c65)cccc12. The number of rotatable bonds is 6. The Morgan fingerprint density at radius 2 is 0.635 bits per heavy atom. The molecule has 0 bridgehead atoms. The van der Waals surface area contributed by atoms with Crippen LogP contribution < -0.4 is 0 Å². The van der Waals surface area contributed by atoms with Crippen molar-refractivity contribution in [1.82, 2.24) is 4.98 Å². The third-order valence-electron chi connectivity index (χ3n) is 23.8. The van der Waals surface area contributed by atoms with Gasteiger partial charge in [0.2, 0.25) is 11.4 Å². The highest BCUT2D eigenvalue weighted by Crippen LogP contribution is 2.51. The number of furan rings is 2. The van der Waals surface area contributed by atoms with Gasteiger partial charge in [-0.3, -0.25) is 4.98 Å². The lowest BCUT2D eigenvalue weighted by Gasteiger charge is -2.17. The maximum Gasteiger partial charge on any atom is 0.229 e. The van der Waals surface area contributed by atoms with Crippen molar-refractivity contribution in [2.45, 2.75) is 0 Å². The van der Waals surface area contributed by atoms with E-state index in [2.05, 4.69) is 306 Å². The van der Waals surface area contributed by atoms with Crippen LogP contribution in [0, 0.1) is 24.5 Å². The van der Waals surface area contributed by atoms with E-state index < -0.39 is 0 Å². The van der Waals surface area contributed by atoms with Gasteiger partial charge in [0.25, 0.3) is 0 Å². The van der Waals surface area contributed by atoms with Crippen LogP contribution >= 0.6 is 11.3 Å². The number of hydrogen-bond donors (Lipinski definition) is 0. The molecule has 0 saturated carbocycles. The molecule has 25 rings (SSSR count). The topological polar surface area (TPSA) is 71.7 Å². The summed E-state index contributed by atoms with van der Waals surface area (Å²) in [5, 5.41) is 40.9. The van der Waals surface area contributed by atoms with Crippen molar-refractivity contribution >= 4 is 194 Å². The van der Waals surface area contributed by atoms with Gasteiger partial charge in [0, 0.05) is 64.6 Å². The van der Waals surface area contributed by atoms with Crippen molar-refractivity contribution in [3.8, 4) is 73.0 Å². The molecule has 4 aromatic heterocycles. The Kier molecular flexibility index (Phi) is 14.6. The molecule has 0 aliphatic heterocycles. The summed E-state index contributed by atoms with van der Waals surface area (Å²) in [6, 6.07) is 125. The molecule has 0 spiro atoms. The first-order chi connectivity index (χ1) is 56.9. The average molecular weight is 1480 g/mol. The fourth-order valence-corrected chi connectivity index (χ4v) is 19.7. The molecule has 0 unspecified atom stereocenters. The monoisotopic (exact) mass is 1470 g/mol. The van der Waals surface area contributed by atoms with Crippen molar-refractivity contribution in [3.05, 3.63) is 380 Å². The molecule has 25 aromatic rings. The third-order valence-corrected chi connectivity index (χ3v) is 25.0. The van der Waals surface area contributed by atoms with Crippen LogP contribution in [0.25, 0.3) is 248 Å². The molecule has 7 heteroatoms. The predicted octanol–water partition coefficient (Wildman–Crippen LogP) is 31.4. The van der Waals surface area contributed by atoms with Gasteiger partial charge in [-0.05, 0) is 195 Å². The standard InChI is InChI=1S/C39H21NO.C35H19NS.C34H18N2O/c1-40-35-14-6-13-34-33-12-5-11-32(38(33)41-39(34)35)29-20-16-25-17-21-30-28(19-15-24-18-22-31(29)37(25)36(24)30)27-10-4-8-23-7-2-3-9-26(23)27;36-20-21-6-16-32-30(18-21)31-19-25(11-17-33(31)37-32)27-13-8-24-9-14-28-26(22-4-2-1-3-5-22)12-7-23-10-15-29(27)35(24)34(23)28;1-35-30-10-5-8-28-27-7-4-6-26(33(27)37-34(28)30)22-15-11-20-14-18-25-23(29-9-2-3-19-36-29)16-12-21-13-17-24(22)31(20)32(21)25/h2-22H;1-19H;2-19H. The molecular formula is C108H58N4O2S. The molecule has 0 aliphatic carbocycles. The van der Waals surface area contributed by atoms with Gasteiger partial charge in [-0.2, -0.15) is 5.26 Å². The van der Waals surface area contributed by atoms with Crippen molar-refractivity contribution in [2.75, 3.05) is 0 Å². The van der Waals surface area contributed by atoms with Gasteiger partial charge >= 0.3 is 0 Å². The van der Waals surface area contributed by atoms with E-state index in [0.29, 0.717) is 28.1 Å². The lowest BCUT2D eigenvalue weighted by atomic mass is 9.86. The molecule has 0 amide bonds. The maximum absolute atomic E-state index is 9.44. The smallest absolute Gasteiger partial charge is 0.229 e. The second-order valence-corrected chi connectivity index (χ2v) is 30.9. The van der Waals surface area contributed by atoms with Crippen molar-refractivity contribution in [1.29, 1.82) is 5.26 Å². The van der Waals surface area contributed by atoms with E-state index in [1.807, 2.05) is 66.9 Å². The predicted molar refractivity (Wildman–Crippen MR) is 483 cm³/mol. The Labute approximate surface area is 662 Å². The van der Waals surface area contributed by atoms with Crippen molar-refractivity contribution < 1.29 is 8.83 Å². The highest BCUT2D eigenvalue weighted by Gasteiger charge is 2.24. The van der Waals surface area contributed by atoms with Crippen LogP contribution in [-0.4, -0.2) is 4.98 Å². The van der Waals surface area contributed by atoms with Gasteiger partial charge in [-0.1, -0.05) is 303 Å². The second kappa shape index (κ2) is 25.8. The highest BCUT2D eigenvalue weighted by molar-refractivity contribution is 7.25. The van der Waals surface area contributed by atoms with E-state index in [0.717, 1.165) is 71.6 Å². The first-order valence-electron chi connectivity index (χ1n) is 38.5. The number of thiophene rings is 1. The summed E-state index contributed by atoms with van der Waals surface area (Å²) >= 11 is 1.78. The molecular weight excluding hydrogens is 1420 g/mol. The van der Waals surface area contributed by atoms with E-state index in [1.54, 1.807) is 11.3 Å². The highest BCUT2D eigenvalue weighted by atomic mass is 32.1. The molecule has 115 heavy (non-hydrogen) atoms. The number of benzene rings is 21. The van der Waals surface area contributed by atoms with Crippen LogP contribution in [0.3, 0.4) is 0 Å². The van der Waals surface area contributed by atoms with Crippen LogP contribution in [0.4, 0.5) is 11.4 Å². The third kappa shape index (κ3) is 10.1. The normalized spacial score (nSPS) is 11.8. The van der Waals surface area contributed by atoms with Crippen LogP contribution in [0.2, 0.25) is 0 Å². The Morgan fingerprint density at radius 3 is 1.14 bits per heavy atom. The van der Waals surface area contributed by atoms with E-state index in [1.165, 1.54) is 156 Å². The number of hydrogen-bond acceptors (Lipinski definition) is 5. The summed E-state index contributed by atoms with van der Waals surface area (Å²) in [7, 11) is 0. The fourth-order valence-electron chi connectivity index (χ4n) is 18.7. The first kappa shape index (κ1) is 65.3. The van der Waals surface area contributed by atoms with Gasteiger partial charge in [0.1, 0.15) is 22.3 Å². The first-order valence-corrected chi connectivity index (χ1v) is 39.3. The summed E-state index contributed by atoms with van der Waals surface area (Å²) in [5.74, 6) is 0. The number of nitrogens with zero attached hydrogens (tertiary/aromatic N) is 4. The van der Waals surface area contributed by atoms with E-state index in [9.17, 15) is 5.26 Å². The maximum atomic E-state index is 9.44. The lowest BCUT2D eigenvalue weighted by Crippen LogP contribution is -1.90. The Balaban J connectivity index is 0.000000102. The number of fused-ring (bicyclic) bond motifs is 10. The Bertz CT molecular complexity index is 8520.